The van der Waals surface area contributed by atoms with Crippen LogP contribution in [0.15, 0.2) is 35.4 Å². The summed E-state index contributed by atoms with van der Waals surface area (Å²) in [6.45, 7) is 4.34. The zero-order valence-corrected chi connectivity index (χ0v) is 14.8. The third kappa shape index (κ3) is 5.56. The van der Waals surface area contributed by atoms with Crippen LogP contribution in [-0.2, 0) is 6.18 Å². The minimum atomic E-state index is -4.57. The number of halogens is 4. The minimum Gasteiger partial charge on any atom is -0.324 e. The maximum absolute atomic E-state index is 12.6. The van der Waals surface area contributed by atoms with Gasteiger partial charge < -0.3 is 5.32 Å². The zero-order chi connectivity index (χ0) is 17.7. The molecule has 1 aromatic carbocycles. The molecule has 0 aliphatic heterocycles. The zero-order valence-electron chi connectivity index (χ0n) is 13.2. The molecule has 8 heteroatoms. The summed E-state index contributed by atoms with van der Waals surface area (Å²) in [4.78, 5) is 8.42. The first-order valence-corrected chi connectivity index (χ1v) is 8.71. The molecule has 1 aromatic heterocycles. The second-order valence-electron chi connectivity index (χ2n) is 5.58. The fraction of sp³-hybridized carbons (Fsp3) is 0.375. The minimum absolute atomic E-state index is 0.0253. The smallest absolute Gasteiger partial charge is 0.324 e. The van der Waals surface area contributed by atoms with Crippen molar-refractivity contribution in [1.29, 1.82) is 0 Å². The van der Waals surface area contributed by atoms with Gasteiger partial charge in [0.25, 0.3) is 0 Å². The molecule has 0 bridgehead atoms. The van der Waals surface area contributed by atoms with Crippen LogP contribution in [-0.4, -0.2) is 15.7 Å². The standard InChI is InChI=1S/C16H17ClF3N3S/c1-10(2)6-7-24-12-5-3-4-11(8-12)22-15-21-9-13(14(17)23-15)16(18,19)20/h3-5,8-10H,6-7H2,1-2H3,(H,21,22,23). The lowest BCUT2D eigenvalue weighted by molar-refractivity contribution is -0.137. The summed E-state index contributed by atoms with van der Waals surface area (Å²) >= 11 is 7.32. The quantitative estimate of drug-likeness (QED) is 0.494. The van der Waals surface area contributed by atoms with Crippen molar-refractivity contribution in [1.82, 2.24) is 9.97 Å². The first-order chi connectivity index (χ1) is 11.3. The summed E-state index contributed by atoms with van der Waals surface area (Å²) in [5.74, 6) is 1.67. The average molecular weight is 376 g/mol. The Morgan fingerprint density at radius 1 is 1.29 bits per heavy atom. The number of thioether (sulfide) groups is 1. The molecule has 24 heavy (non-hydrogen) atoms. The van der Waals surface area contributed by atoms with E-state index >= 15 is 0 Å². The van der Waals surface area contributed by atoms with Crippen molar-refractivity contribution in [3.63, 3.8) is 0 Å². The number of benzene rings is 1. The van der Waals surface area contributed by atoms with Crippen molar-refractivity contribution in [3.05, 3.63) is 41.2 Å². The van der Waals surface area contributed by atoms with Gasteiger partial charge in [-0.3, -0.25) is 0 Å². The number of alkyl halides is 3. The molecule has 0 aliphatic carbocycles. The highest BCUT2D eigenvalue weighted by Crippen LogP contribution is 2.33. The van der Waals surface area contributed by atoms with Crippen molar-refractivity contribution < 1.29 is 13.2 Å². The number of aromatic nitrogens is 2. The van der Waals surface area contributed by atoms with E-state index in [1.54, 1.807) is 17.8 Å². The highest BCUT2D eigenvalue weighted by Gasteiger charge is 2.34. The van der Waals surface area contributed by atoms with E-state index in [0.29, 0.717) is 17.8 Å². The Morgan fingerprint density at radius 2 is 2.04 bits per heavy atom. The normalized spacial score (nSPS) is 11.8. The Hall–Kier alpha value is -1.47. The summed E-state index contributed by atoms with van der Waals surface area (Å²) in [6, 6.07) is 7.55. The lowest BCUT2D eigenvalue weighted by Crippen LogP contribution is -2.09. The number of hydrogen-bond acceptors (Lipinski definition) is 4. The van der Waals surface area contributed by atoms with Crippen molar-refractivity contribution in [2.45, 2.75) is 31.3 Å². The van der Waals surface area contributed by atoms with Gasteiger partial charge in [-0.15, -0.1) is 11.8 Å². The Labute approximate surface area is 148 Å². The van der Waals surface area contributed by atoms with E-state index in [-0.39, 0.29) is 5.95 Å². The highest BCUT2D eigenvalue weighted by molar-refractivity contribution is 7.99. The van der Waals surface area contributed by atoms with Gasteiger partial charge in [0.1, 0.15) is 10.7 Å². The Balaban J connectivity index is 2.07. The van der Waals surface area contributed by atoms with E-state index in [2.05, 4.69) is 29.1 Å². The summed E-state index contributed by atoms with van der Waals surface area (Å²) in [7, 11) is 0. The van der Waals surface area contributed by atoms with E-state index in [9.17, 15) is 13.2 Å². The molecule has 0 saturated carbocycles. The van der Waals surface area contributed by atoms with Crippen molar-refractivity contribution >= 4 is 35.0 Å². The number of anilines is 2. The molecule has 0 radical (unpaired) electrons. The molecule has 1 N–H and O–H groups in total. The largest absolute Gasteiger partial charge is 0.420 e. The van der Waals surface area contributed by atoms with Gasteiger partial charge >= 0.3 is 6.18 Å². The Kier molecular flexibility index (Phi) is 6.34. The topological polar surface area (TPSA) is 37.8 Å². The molecule has 0 spiro atoms. The van der Waals surface area contributed by atoms with Crippen LogP contribution in [0.25, 0.3) is 0 Å². The molecule has 0 atom stereocenters. The van der Waals surface area contributed by atoms with Crippen LogP contribution in [0.1, 0.15) is 25.8 Å². The van der Waals surface area contributed by atoms with E-state index in [1.165, 1.54) is 0 Å². The molecule has 1 heterocycles. The van der Waals surface area contributed by atoms with Gasteiger partial charge in [0.2, 0.25) is 5.95 Å². The highest BCUT2D eigenvalue weighted by atomic mass is 35.5. The molecule has 2 rings (SSSR count). The maximum Gasteiger partial charge on any atom is 0.420 e. The van der Waals surface area contributed by atoms with Gasteiger partial charge in [-0.2, -0.15) is 13.2 Å². The molecule has 3 nitrogen and oxygen atoms in total. The van der Waals surface area contributed by atoms with Gasteiger partial charge in [-0.25, -0.2) is 9.97 Å². The average Bonchev–Trinajstić information content (AvgIpc) is 2.46. The van der Waals surface area contributed by atoms with E-state index in [0.717, 1.165) is 17.1 Å². The summed E-state index contributed by atoms with van der Waals surface area (Å²) < 4.78 is 37.9. The van der Waals surface area contributed by atoms with Crippen molar-refractivity contribution in [2.24, 2.45) is 5.92 Å². The van der Waals surface area contributed by atoms with E-state index in [1.807, 2.05) is 18.2 Å². The number of hydrogen-bond donors (Lipinski definition) is 1. The van der Waals surface area contributed by atoms with Crippen molar-refractivity contribution in [3.8, 4) is 0 Å². The van der Waals surface area contributed by atoms with Crippen LogP contribution in [0.5, 0.6) is 0 Å². The van der Waals surface area contributed by atoms with Gasteiger partial charge in [-0.05, 0) is 36.3 Å². The van der Waals surface area contributed by atoms with Gasteiger partial charge in [0.05, 0.1) is 0 Å². The summed E-state index contributed by atoms with van der Waals surface area (Å²) in [6.07, 6.45) is -2.78. The number of rotatable bonds is 6. The van der Waals surface area contributed by atoms with Crippen LogP contribution in [0.4, 0.5) is 24.8 Å². The molecular weight excluding hydrogens is 359 g/mol. The monoisotopic (exact) mass is 375 g/mol. The molecule has 0 aliphatic rings. The van der Waals surface area contributed by atoms with Crippen LogP contribution in [0.3, 0.4) is 0 Å². The lowest BCUT2D eigenvalue weighted by atomic mass is 10.2. The fourth-order valence-corrected chi connectivity index (χ4v) is 3.26. The van der Waals surface area contributed by atoms with Gasteiger partial charge in [0.15, 0.2) is 0 Å². The molecule has 0 fully saturated rings. The molecule has 0 amide bonds. The van der Waals surface area contributed by atoms with Crippen LogP contribution in [0, 0.1) is 5.92 Å². The first kappa shape index (κ1) is 18.9. The maximum atomic E-state index is 12.6. The van der Waals surface area contributed by atoms with Crippen LogP contribution < -0.4 is 5.32 Å². The van der Waals surface area contributed by atoms with Crippen LogP contribution in [0.2, 0.25) is 5.15 Å². The molecule has 0 saturated heterocycles. The van der Waals surface area contributed by atoms with E-state index < -0.39 is 16.9 Å². The first-order valence-electron chi connectivity index (χ1n) is 7.35. The predicted molar refractivity (Wildman–Crippen MR) is 91.9 cm³/mol. The predicted octanol–water partition coefficient (Wildman–Crippen LogP) is 6.03. The summed E-state index contributed by atoms with van der Waals surface area (Å²) in [5.41, 5.74) is -0.354. The third-order valence-electron chi connectivity index (χ3n) is 3.10. The second-order valence-corrected chi connectivity index (χ2v) is 7.11. The Bertz CT molecular complexity index is 693. The Morgan fingerprint density at radius 3 is 2.67 bits per heavy atom. The van der Waals surface area contributed by atoms with E-state index in [4.69, 9.17) is 11.6 Å². The lowest BCUT2D eigenvalue weighted by Gasteiger charge is -2.10. The SMILES string of the molecule is CC(C)CCSc1cccc(Nc2ncc(C(F)(F)F)c(Cl)n2)c1. The second kappa shape index (κ2) is 8.07. The number of nitrogens with zero attached hydrogens (tertiary/aromatic N) is 2. The van der Waals surface area contributed by atoms with Gasteiger partial charge in [-0.1, -0.05) is 31.5 Å². The molecule has 130 valence electrons. The number of nitrogens with one attached hydrogen (secondary N) is 1. The molecule has 2 aromatic rings. The van der Waals surface area contributed by atoms with Gasteiger partial charge in [0, 0.05) is 16.8 Å². The van der Waals surface area contributed by atoms with Crippen molar-refractivity contribution in [2.75, 3.05) is 11.1 Å². The summed E-state index contributed by atoms with van der Waals surface area (Å²) in [5, 5.41) is 2.25. The third-order valence-corrected chi connectivity index (χ3v) is 4.42. The van der Waals surface area contributed by atoms with Crippen LogP contribution >= 0.6 is 23.4 Å². The molecular formula is C16H17ClF3N3S. The fourth-order valence-electron chi connectivity index (χ4n) is 1.82. The molecule has 0 unspecified atom stereocenters.